The minimum absolute atomic E-state index is 0.824. The smallest absolute Gasteiger partial charge is 0.0406 e. The molecule has 2 rings (SSSR count). The lowest BCUT2D eigenvalue weighted by molar-refractivity contribution is 0.183. The van der Waals surface area contributed by atoms with Crippen LogP contribution in [0.25, 0.3) is 0 Å². The van der Waals surface area contributed by atoms with Gasteiger partial charge in [0.25, 0.3) is 0 Å². The lowest BCUT2D eigenvalue weighted by Gasteiger charge is -2.31. The van der Waals surface area contributed by atoms with E-state index in [1.165, 1.54) is 37.9 Å². The van der Waals surface area contributed by atoms with Crippen LogP contribution in [-0.2, 0) is 6.42 Å². The Labute approximate surface area is 122 Å². The minimum atomic E-state index is 0.824. The fraction of sp³-hybridized carbons (Fsp3) is 0.529. The molecule has 1 aromatic carbocycles. The fourth-order valence-electron chi connectivity index (χ4n) is 2.77. The molecule has 0 radical (unpaired) electrons. The second-order valence-corrected chi connectivity index (χ2v) is 5.86. The van der Waals surface area contributed by atoms with Gasteiger partial charge in [0.2, 0.25) is 0 Å². The van der Waals surface area contributed by atoms with Crippen molar-refractivity contribution in [2.45, 2.75) is 32.1 Å². The number of rotatable bonds is 5. The molecular weight excluding hydrogens is 254 g/mol. The normalized spacial score (nSPS) is 17.3. The monoisotopic (exact) mass is 275 g/mol. The first-order valence-corrected chi connectivity index (χ1v) is 7.56. The van der Waals surface area contributed by atoms with Crippen molar-refractivity contribution in [2.24, 2.45) is 5.92 Å². The van der Waals surface area contributed by atoms with E-state index in [2.05, 4.69) is 23.0 Å². The largest absolute Gasteiger partial charge is 0.303 e. The SMILES string of the molecule is C#CCCCN1CCC(Cc2ccc(Cl)cc2)CC1. The Bertz CT molecular complexity index is 410. The lowest BCUT2D eigenvalue weighted by Crippen LogP contribution is -2.34. The van der Waals surface area contributed by atoms with Crippen LogP contribution in [0.3, 0.4) is 0 Å². The van der Waals surface area contributed by atoms with Gasteiger partial charge in [-0.2, -0.15) is 0 Å². The molecule has 19 heavy (non-hydrogen) atoms. The first kappa shape index (κ1) is 14.4. The number of terminal acetylenes is 1. The quantitative estimate of drug-likeness (QED) is 0.580. The zero-order valence-electron chi connectivity index (χ0n) is 11.4. The van der Waals surface area contributed by atoms with Crippen molar-refractivity contribution in [3.05, 3.63) is 34.9 Å². The molecule has 1 heterocycles. The highest BCUT2D eigenvalue weighted by Crippen LogP contribution is 2.22. The van der Waals surface area contributed by atoms with Crippen LogP contribution in [0.5, 0.6) is 0 Å². The van der Waals surface area contributed by atoms with E-state index in [9.17, 15) is 0 Å². The van der Waals surface area contributed by atoms with Crippen LogP contribution in [-0.4, -0.2) is 24.5 Å². The first-order valence-electron chi connectivity index (χ1n) is 7.18. The molecule has 1 nitrogen and oxygen atoms in total. The molecule has 0 atom stereocenters. The van der Waals surface area contributed by atoms with E-state index in [0.29, 0.717) is 0 Å². The Morgan fingerprint density at radius 1 is 1.21 bits per heavy atom. The number of halogens is 1. The Kier molecular flexibility index (Phi) is 5.76. The Morgan fingerprint density at radius 3 is 2.53 bits per heavy atom. The van der Waals surface area contributed by atoms with E-state index < -0.39 is 0 Å². The number of piperidine rings is 1. The molecular formula is C17H22ClN. The molecule has 1 aliphatic rings. The summed E-state index contributed by atoms with van der Waals surface area (Å²) in [6.07, 6.45) is 11.1. The van der Waals surface area contributed by atoms with Crippen molar-refractivity contribution < 1.29 is 0 Å². The van der Waals surface area contributed by atoms with Gasteiger partial charge in [-0.15, -0.1) is 12.3 Å². The molecule has 2 heteroatoms. The average Bonchev–Trinajstić information content (AvgIpc) is 2.44. The van der Waals surface area contributed by atoms with Crippen LogP contribution in [0, 0.1) is 18.3 Å². The van der Waals surface area contributed by atoms with Gasteiger partial charge in [-0.25, -0.2) is 0 Å². The molecule has 102 valence electrons. The molecule has 1 aliphatic heterocycles. The number of hydrogen-bond donors (Lipinski definition) is 0. The van der Waals surface area contributed by atoms with Gasteiger partial charge in [0, 0.05) is 11.4 Å². The third-order valence-electron chi connectivity index (χ3n) is 3.94. The van der Waals surface area contributed by atoms with Crippen molar-refractivity contribution in [1.29, 1.82) is 0 Å². The van der Waals surface area contributed by atoms with Crippen molar-refractivity contribution in [3.8, 4) is 12.3 Å². The van der Waals surface area contributed by atoms with Crippen LogP contribution in [0.2, 0.25) is 5.02 Å². The summed E-state index contributed by atoms with van der Waals surface area (Å²) in [5, 5.41) is 0.826. The van der Waals surface area contributed by atoms with Crippen molar-refractivity contribution >= 4 is 11.6 Å². The van der Waals surface area contributed by atoms with Crippen molar-refractivity contribution in [2.75, 3.05) is 19.6 Å². The van der Waals surface area contributed by atoms with Crippen LogP contribution in [0.15, 0.2) is 24.3 Å². The van der Waals surface area contributed by atoms with E-state index in [1.807, 2.05) is 12.1 Å². The molecule has 0 bridgehead atoms. The maximum Gasteiger partial charge on any atom is 0.0406 e. The summed E-state index contributed by atoms with van der Waals surface area (Å²) in [5.74, 6) is 3.54. The Balaban J connectivity index is 1.71. The first-order chi connectivity index (χ1) is 9.28. The van der Waals surface area contributed by atoms with Gasteiger partial charge in [0.1, 0.15) is 0 Å². The molecule has 0 amide bonds. The fourth-order valence-corrected chi connectivity index (χ4v) is 2.90. The van der Waals surface area contributed by atoms with Gasteiger partial charge in [-0.05, 0) is 68.9 Å². The van der Waals surface area contributed by atoms with E-state index in [0.717, 1.165) is 30.3 Å². The average molecular weight is 276 g/mol. The number of likely N-dealkylation sites (tertiary alicyclic amines) is 1. The van der Waals surface area contributed by atoms with Gasteiger partial charge in [-0.1, -0.05) is 23.7 Å². The van der Waals surface area contributed by atoms with E-state index in [1.54, 1.807) is 0 Å². The van der Waals surface area contributed by atoms with E-state index >= 15 is 0 Å². The molecule has 0 saturated carbocycles. The van der Waals surface area contributed by atoms with Crippen molar-refractivity contribution in [3.63, 3.8) is 0 Å². The van der Waals surface area contributed by atoms with Crippen molar-refractivity contribution in [1.82, 2.24) is 4.90 Å². The topological polar surface area (TPSA) is 3.24 Å². The number of nitrogens with zero attached hydrogens (tertiary/aromatic N) is 1. The highest BCUT2D eigenvalue weighted by atomic mass is 35.5. The summed E-state index contributed by atoms with van der Waals surface area (Å²) < 4.78 is 0. The summed E-state index contributed by atoms with van der Waals surface area (Å²) in [4.78, 5) is 2.55. The molecule has 1 fully saturated rings. The van der Waals surface area contributed by atoms with Crippen LogP contribution in [0.4, 0.5) is 0 Å². The van der Waals surface area contributed by atoms with Gasteiger partial charge >= 0.3 is 0 Å². The molecule has 0 N–H and O–H groups in total. The number of benzene rings is 1. The second-order valence-electron chi connectivity index (χ2n) is 5.42. The molecule has 1 saturated heterocycles. The zero-order chi connectivity index (χ0) is 13.5. The summed E-state index contributed by atoms with van der Waals surface area (Å²) in [6.45, 7) is 3.61. The highest BCUT2D eigenvalue weighted by molar-refractivity contribution is 6.30. The molecule has 0 spiro atoms. The maximum atomic E-state index is 5.91. The Hall–Kier alpha value is -0.970. The summed E-state index contributed by atoms with van der Waals surface area (Å²) in [5.41, 5.74) is 1.41. The lowest BCUT2D eigenvalue weighted by atomic mass is 9.90. The molecule has 0 aliphatic carbocycles. The maximum absolute atomic E-state index is 5.91. The van der Waals surface area contributed by atoms with Crippen LogP contribution >= 0.6 is 11.6 Å². The van der Waals surface area contributed by atoms with Gasteiger partial charge < -0.3 is 4.90 Å². The third-order valence-corrected chi connectivity index (χ3v) is 4.19. The standard InChI is InChI=1S/C17H22ClN/c1-2-3-4-11-19-12-9-16(10-13-19)14-15-5-7-17(18)8-6-15/h1,5-8,16H,3-4,9-14H2. The molecule has 0 aromatic heterocycles. The highest BCUT2D eigenvalue weighted by Gasteiger charge is 2.18. The Morgan fingerprint density at radius 2 is 1.89 bits per heavy atom. The third kappa shape index (κ3) is 4.90. The summed E-state index contributed by atoms with van der Waals surface area (Å²) in [7, 11) is 0. The van der Waals surface area contributed by atoms with Gasteiger partial charge in [-0.3, -0.25) is 0 Å². The van der Waals surface area contributed by atoms with Crippen LogP contribution < -0.4 is 0 Å². The van der Waals surface area contributed by atoms with Crippen LogP contribution in [0.1, 0.15) is 31.2 Å². The minimum Gasteiger partial charge on any atom is -0.303 e. The summed E-state index contributed by atoms with van der Waals surface area (Å²) >= 11 is 5.91. The predicted molar refractivity (Wildman–Crippen MR) is 82.4 cm³/mol. The van der Waals surface area contributed by atoms with Gasteiger partial charge in [0.15, 0.2) is 0 Å². The van der Waals surface area contributed by atoms with E-state index in [4.69, 9.17) is 18.0 Å². The number of hydrogen-bond acceptors (Lipinski definition) is 1. The molecule has 1 aromatic rings. The number of unbranched alkanes of at least 4 members (excludes halogenated alkanes) is 1. The summed E-state index contributed by atoms with van der Waals surface area (Å²) in [6, 6.07) is 8.29. The zero-order valence-corrected chi connectivity index (χ0v) is 12.2. The second kappa shape index (κ2) is 7.58. The predicted octanol–water partition coefficient (Wildman–Crippen LogP) is 4.01. The van der Waals surface area contributed by atoms with Gasteiger partial charge in [0.05, 0.1) is 0 Å². The van der Waals surface area contributed by atoms with E-state index in [-0.39, 0.29) is 0 Å². The molecule has 0 unspecified atom stereocenters.